The van der Waals surface area contributed by atoms with Gasteiger partial charge in [-0.25, -0.2) is 4.39 Å². The molecule has 0 radical (unpaired) electrons. The molecule has 0 saturated carbocycles. The van der Waals surface area contributed by atoms with Gasteiger partial charge in [0.25, 0.3) is 0 Å². The zero-order valence-corrected chi connectivity index (χ0v) is 13.9. The van der Waals surface area contributed by atoms with Gasteiger partial charge in [-0.1, -0.05) is 6.07 Å². The number of amides is 2. The SMILES string of the molecule is Cc1ccc(C(C)(O)CNC(=O)C2CC(=O)Nc3cc(F)ccc32)o1. The fraction of sp³-hybridized carbons (Fsp3) is 0.333. The number of fused-ring (bicyclic) bond motifs is 1. The summed E-state index contributed by atoms with van der Waals surface area (Å²) in [6, 6.07) is 7.30. The second-order valence-electron chi connectivity index (χ2n) is 6.44. The summed E-state index contributed by atoms with van der Waals surface area (Å²) in [5.41, 5.74) is -0.538. The summed E-state index contributed by atoms with van der Waals surface area (Å²) in [4.78, 5) is 24.3. The maximum atomic E-state index is 13.3. The van der Waals surface area contributed by atoms with E-state index in [-0.39, 0.29) is 18.9 Å². The molecule has 2 atom stereocenters. The van der Waals surface area contributed by atoms with Crippen LogP contribution < -0.4 is 10.6 Å². The molecule has 0 fully saturated rings. The van der Waals surface area contributed by atoms with Crippen molar-refractivity contribution < 1.29 is 23.5 Å². The summed E-state index contributed by atoms with van der Waals surface area (Å²) in [6.07, 6.45) is -0.0352. The van der Waals surface area contributed by atoms with Gasteiger partial charge in [0.1, 0.15) is 22.9 Å². The number of carbonyl (C=O) groups is 2. The van der Waals surface area contributed by atoms with Crippen LogP contribution >= 0.6 is 0 Å². The first-order valence-electron chi connectivity index (χ1n) is 7.92. The summed E-state index contributed by atoms with van der Waals surface area (Å²) < 4.78 is 18.8. The number of halogens is 1. The Morgan fingerprint density at radius 3 is 2.88 bits per heavy atom. The van der Waals surface area contributed by atoms with Crippen molar-refractivity contribution in [1.29, 1.82) is 0 Å². The Morgan fingerprint density at radius 1 is 1.44 bits per heavy atom. The van der Waals surface area contributed by atoms with Gasteiger partial charge in [0.2, 0.25) is 11.8 Å². The molecule has 0 saturated heterocycles. The highest BCUT2D eigenvalue weighted by Gasteiger charge is 2.33. The van der Waals surface area contributed by atoms with E-state index in [1.807, 2.05) is 0 Å². The lowest BCUT2D eigenvalue weighted by Crippen LogP contribution is -2.42. The van der Waals surface area contributed by atoms with Gasteiger partial charge in [-0.2, -0.15) is 0 Å². The molecule has 2 heterocycles. The third-order valence-electron chi connectivity index (χ3n) is 4.25. The van der Waals surface area contributed by atoms with Crippen LogP contribution in [-0.4, -0.2) is 23.5 Å². The fourth-order valence-electron chi connectivity index (χ4n) is 2.86. The van der Waals surface area contributed by atoms with Gasteiger partial charge in [0.15, 0.2) is 0 Å². The van der Waals surface area contributed by atoms with Crippen molar-refractivity contribution in [2.75, 3.05) is 11.9 Å². The Balaban J connectivity index is 1.75. The van der Waals surface area contributed by atoms with Crippen molar-refractivity contribution in [3.05, 3.63) is 53.2 Å². The predicted octanol–water partition coefficient (Wildman–Crippen LogP) is 2.18. The van der Waals surface area contributed by atoms with Gasteiger partial charge in [-0.15, -0.1) is 0 Å². The summed E-state index contributed by atoms with van der Waals surface area (Å²) in [7, 11) is 0. The molecular weight excluding hydrogens is 327 g/mol. The average molecular weight is 346 g/mol. The molecule has 25 heavy (non-hydrogen) atoms. The minimum absolute atomic E-state index is 0.0352. The molecule has 2 unspecified atom stereocenters. The van der Waals surface area contributed by atoms with Gasteiger partial charge in [-0.3, -0.25) is 9.59 Å². The van der Waals surface area contributed by atoms with E-state index in [0.29, 0.717) is 22.8 Å². The Bertz CT molecular complexity index is 828. The molecule has 3 rings (SSSR count). The molecule has 0 aliphatic carbocycles. The van der Waals surface area contributed by atoms with Crippen LogP contribution in [0.2, 0.25) is 0 Å². The number of nitrogens with one attached hydrogen (secondary N) is 2. The number of hydrogen-bond acceptors (Lipinski definition) is 4. The number of carbonyl (C=O) groups excluding carboxylic acids is 2. The van der Waals surface area contributed by atoms with Gasteiger partial charge in [-0.05, 0) is 43.7 Å². The number of rotatable bonds is 4. The second kappa shape index (κ2) is 6.33. The molecule has 2 amide bonds. The molecule has 3 N–H and O–H groups in total. The lowest BCUT2D eigenvalue weighted by Gasteiger charge is -2.27. The van der Waals surface area contributed by atoms with Crippen molar-refractivity contribution in [2.24, 2.45) is 0 Å². The quantitative estimate of drug-likeness (QED) is 0.791. The number of benzene rings is 1. The molecule has 0 bridgehead atoms. The second-order valence-corrected chi connectivity index (χ2v) is 6.44. The van der Waals surface area contributed by atoms with E-state index in [4.69, 9.17) is 4.42 Å². The molecule has 1 aliphatic rings. The van der Waals surface area contributed by atoms with Crippen molar-refractivity contribution in [2.45, 2.75) is 31.8 Å². The number of furan rings is 1. The third kappa shape index (κ3) is 3.56. The van der Waals surface area contributed by atoms with Crippen LogP contribution in [0.15, 0.2) is 34.7 Å². The zero-order chi connectivity index (χ0) is 18.2. The Morgan fingerprint density at radius 2 is 2.20 bits per heavy atom. The van der Waals surface area contributed by atoms with E-state index < -0.39 is 23.2 Å². The van der Waals surface area contributed by atoms with Crippen LogP contribution in [0.25, 0.3) is 0 Å². The van der Waals surface area contributed by atoms with Crippen LogP contribution in [0, 0.1) is 12.7 Å². The minimum Gasteiger partial charge on any atom is -0.463 e. The Kier molecular flexibility index (Phi) is 4.34. The highest BCUT2D eigenvalue weighted by molar-refractivity contribution is 6.01. The zero-order valence-electron chi connectivity index (χ0n) is 13.9. The van der Waals surface area contributed by atoms with Gasteiger partial charge >= 0.3 is 0 Å². The third-order valence-corrected chi connectivity index (χ3v) is 4.25. The summed E-state index contributed by atoms with van der Waals surface area (Å²) >= 11 is 0. The van der Waals surface area contributed by atoms with E-state index in [2.05, 4.69) is 10.6 Å². The number of hydrogen-bond donors (Lipinski definition) is 3. The van der Waals surface area contributed by atoms with Crippen molar-refractivity contribution in [3.63, 3.8) is 0 Å². The normalized spacial score (nSPS) is 18.9. The number of aryl methyl sites for hydroxylation is 1. The topological polar surface area (TPSA) is 91.6 Å². The minimum atomic E-state index is -1.38. The lowest BCUT2D eigenvalue weighted by atomic mass is 9.89. The number of anilines is 1. The van der Waals surface area contributed by atoms with E-state index in [9.17, 15) is 19.1 Å². The van der Waals surface area contributed by atoms with Crippen LogP contribution in [0.3, 0.4) is 0 Å². The highest BCUT2D eigenvalue weighted by atomic mass is 19.1. The highest BCUT2D eigenvalue weighted by Crippen LogP contribution is 2.33. The first kappa shape index (κ1) is 17.2. The standard InChI is InChI=1S/C18H19FN2O4/c1-10-3-6-15(25-10)18(2,24)9-20-17(23)13-8-16(22)21-14-7-11(19)4-5-12(13)14/h3-7,13,24H,8-9H2,1-2H3,(H,20,23)(H,21,22). The van der Waals surface area contributed by atoms with Crippen LogP contribution in [0.1, 0.15) is 36.3 Å². The van der Waals surface area contributed by atoms with Crippen LogP contribution in [0.5, 0.6) is 0 Å². The van der Waals surface area contributed by atoms with E-state index in [1.54, 1.807) is 19.1 Å². The molecule has 1 aromatic carbocycles. The lowest BCUT2D eigenvalue weighted by molar-refractivity contribution is -0.127. The van der Waals surface area contributed by atoms with E-state index in [1.165, 1.54) is 25.1 Å². The number of aliphatic hydroxyl groups is 1. The Labute approximate surface area is 144 Å². The van der Waals surface area contributed by atoms with E-state index in [0.717, 1.165) is 0 Å². The van der Waals surface area contributed by atoms with Gasteiger partial charge in [0.05, 0.1) is 12.5 Å². The van der Waals surface area contributed by atoms with Crippen LogP contribution in [0.4, 0.5) is 10.1 Å². The molecule has 1 aromatic heterocycles. The van der Waals surface area contributed by atoms with Crippen molar-refractivity contribution >= 4 is 17.5 Å². The van der Waals surface area contributed by atoms with Crippen molar-refractivity contribution in [1.82, 2.24) is 5.32 Å². The summed E-state index contributed by atoms with van der Waals surface area (Å²) in [6.45, 7) is 3.21. The monoisotopic (exact) mass is 346 g/mol. The first-order valence-corrected chi connectivity index (χ1v) is 7.92. The molecule has 6 nitrogen and oxygen atoms in total. The van der Waals surface area contributed by atoms with Gasteiger partial charge in [0, 0.05) is 12.1 Å². The van der Waals surface area contributed by atoms with E-state index >= 15 is 0 Å². The fourth-order valence-corrected chi connectivity index (χ4v) is 2.86. The molecule has 132 valence electrons. The molecule has 2 aromatic rings. The maximum absolute atomic E-state index is 13.3. The van der Waals surface area contributed by atoms with Crippen LogP contribution in [-0.2, 0) is 15.2 Å². The molecule has 1 aliphatic heterocycles. The van der Waals surface area contributed by atoms with Gasteiger partial charge < -0.3 is 20.2 Å². The summed E-state index contributed by atoms with van der Waals surface area (Å²) in [5.74, 6) is -0.997. The predicted molar refractivity (Wildman–Crippen MR) is 88.4 cm³/mol. The molecule has 0 spiro atoms. The largest absolute Gasteiger partial charge is 0.463 e. The maximum Gasteiger partial charge on any atom is 0.228 e. The smallest absolute Gasteiger partial charge is 0.228 e. The summed E-state index contributed by atoms with van der Waals surface area (Å²) in [5, 5.41) is 15.7. The molecular formula is C18H19FN2O4. The first-order chi connectivity index (χ1) is 11.8. The average Bonchev–Trinajstić information content (AvgIpc) is 2.99. The Hall–Kier alpha value is -2.67. The van der Waals surface area contributed by atoms with Crippen molar-refractivity contribution in [3.8, 4) is 0 Å². The molecule has 7 heteroatoms.